The molecule has 0 spiro atoms. The van der Waals surface area contributed by atoms with Crippen LogP contribution in [0.15, 0.2) is 18.2 Å². The number of benzene rings is 1. The van der Waals surface area contributed by atoms with Gasteiger partial charge >= 0.3 is 0 Å². The van der Waals surface area contributed by atoms with Gasteiger partial charge in [-0.25, -0.2) is 4.39 Å². The topological polar surface area (TPSA) is 21.3 Å². The molecule has 1 rings (SSSR count). The molecule has 1 aromatic rings. The zero-order chi connectivity index (χ0) is 9.84. The van der Waals surface area contributed by atoms with Crippen LogP contribution >= 0.6 is 11.6 Å². The fourth-order valence-electron chi connectivity index (χ4n) is 1.16. The third-order valence-electron chi connectivity index (χ3n) is 1.73. The van der Waals surface area contributed by atoms with E-state index in [0.717, 1.165) is 0 Å². The van der Waals surface area contributed by atoms with E-state index in [2.05, 4.69) is 5.48 Å². The van der Waals surface area contributed by atoms with Gasteiger partial charge in [0.2, 0.25) is 0 Å². The maximum absolute atomic E-state index is 13.2. The highest BCUT2D eigenvalue weighted by molar-refractivity contribution is 6.31. The quantitative estimate of drug-likeness (QED) is 0.763. The first-order chi connectivity index (χ1) is 6.16. The van der Waals surface area contributed by atoms with Gasteiger partial charge in [0.15, 0.2) is 0 Å². The highest BCUT2D eigenvalue weighted by atomic mass is 35.5. The van der Waals surface area contributed by atoms with Crippen molar-refractivity contribution in [1.82, 2.24) is 5.48 Å². The Kier molecular flexibility index (Phi) is 3.66. The van der Waals surface area contributed by atoms with E-state index < -0.39 is 0 Å². The second-order valence-corrected chi connectivity index (χ2v) is 3.09. The summed E-state index contributed by atoms with van der Waals surface area (Å²) in [6.45, 7) is 1.77. The predicted octanol–water partition coefficient (Wildman–Crippen LogP) is 2.69. The lowest BCUT2D eigenvalue weighted by Gasteiger charge is -2.14. The number of rotatable bonds is 3. The highest BCUT2D eigenvalue weighted by Crippen LogP contribution is 2.25. The Morgan fingerprint density at radius 2 is 2.23 bits per heavy atom. The third kappa shape index (κ3) is 2.40. The SMILES string of the molecule is CONC(C)c1c(F)cccc1Cl. The minimum atomic E-state index is -0.329. The van der Waals surface area contributed by atoms with Crippen LogP contribution in [0, 0.1) is 5.82 Å². The summed E-state index contributed by atoms with van der Waals surface area (Å²) < 4.78 is 13.2. The number of halogens is 2. The van der Waals surface area contributed by atoms with Gasteiger partial charge in [-0.3, -0.25) is 0 Å². The van der Waals surface area contributed by atoms with Crippen molar-refractivity contribution < 1.29 is 9.23 Å². The lowest BCUT2D eigenvalue weighted by Crippen LogP contribution is -2.18. The van der Waals surface area contributed by atoms with Crippen molar-refractivity contribution in [3.8, 4) is 0 Å². The van der Waals surface area contributed by atoms with Crippen molar-refractivity contribution in [3.63, 3.8) is 0 Å². The summed E-state index contributed by atoms with van der Waals surface area (Å²) in [7, 11) is 1.48. The first-order valence-corrected chi connectivity index (χ1v) is 4.27. The molecule has 0 amide bonds. The Balaban J connectivity index is 2.98. The van der Waals surface area contributed by atoms with Crippen LogP contribution in [0.1, 0.15) is 18.5 Å². The fourth-order valence-corrected chi connectivity index (χ4v) is 1.49. The van der Waals surface area contributed by atoms with Gasteiger partial charge in [0.05, 0.1) is 13.2 Å². The van der Waals surface area contributed by atoms with Crippen molar-refractivity contribution in [3.05, 3.63) is 34.6 Å². The molecule has 1 atom stereocenters. The summed E-state index contributed by atoms with van der Waals surface area (Å²) in [5, 5.41) is 0.400. The second-order valence-electron chi connectivity index (χ2n) is 2.68. The van der Waals surface area contributed by atoms with E-state index in [9.17, 15) is 4.39 Å². The van der Waals surface area contributed by atoms with E-state index >= 15 is 0 Å². The molecule has 0 aromatic heterocycles. The summed E-state index contributed by atoms with van der Waals surface area (Å²) >= 11 is 5.82. The third-order valence-corrected chi connectivity index (χ3v) is 2.06. The Hall–Kier alpha value is -0.640. The summed E-state index contributed by atoms with van der Waals surface area (Å²) in [5.41, 5.74) is 3.04. The smallest absolute Gasteiger partial charge is 0.129 e. The Morgan fingerprint density at radius 3 is 2.77 bits per heavy atom. The molecular weight excluding hydrogens is 193 g/mol. The molecule has 1 N–H and O–H groups in total. The van der Waals surface area contributed by atoms with Crippen molar-refractivity contribution in [2.45, 2.75) is 13.0 Å². The molecule has 0 aliphatic rings. The molecule has 0 bridgehead atoms. The fraction of sp³-hybridized carbons (Fsp3) is 0.333. The van der Waals surface area contributed by atoms with Crippen LogP contribution in [0.3, 0.4) is 0 Å². The summed E-state index contributed by atoms with van der Waals surface area (Å²) in [4.78, 5) is 4.69. The Morgan fingerprint density at radius 1 is 1.54 bits per heavy atom. The van der Waals surface area contributed by atoms with Gasteiger partial charge in [0.25, 0.3) is 0 Å². The normalized spacial score (nSPS) is 12.9. The Bertz CT molecular complexity index is 273. The summed E-state index contributed by atoms with van der Waals surface area (Å²) in [5.74, 6) is -0.329. The van der Waals surface area contributed by atoms with Gasteiger partial charge < -0.3 is 4.84 Å². The average molecular weight is 204 g/mol. The lowest BCUT2D eigenvalue weighted by molar-refractivity contribution is 0.0649. The van der Waals surface area contributed by atoms with Gasteiger partial charge in [0.1, 0.15) is 5.82 Å². The zero-order valence-corrected chi connectivity index (χ0v) is 8.23. The van der Waals surface area contributed by atoms with Crippen molar-refractivity contribution >= 4 is 11.6 Å². The van der Waals surface area contributed by atoms with Gasteiger partial charge in [-0.05, 0) is 19.1 Å². The molecule has 0 aliphatic carbocycles. The van der Waals surface area contributed by atoms with E-state index in [-0.39, 0.29) is 11.9 Å². The largest absolute Gasteiger partial charge is 0.305 e. The molecule has 0 fully saturated rings. The highest BCUT2D eigenvalue weighted by Gasteiger charge is 2.13. The minimum absolute atomic E-state index is 0.265. The van der Waals surface area contributed by atoms with E-state index in [1.165, 1.54) is 13.2 Å². The van der Waals surface area contributed by atoms with Gasteiger partial charge in [-0.15, -0.1) is 0 Å². The van der Waals surface area contributed by atoms with Gasteiger partial charge in [-0.1, -0.05) is 17.7 Å². The molecule has 13 heavy (non-hydrogen) atoms. The van der Waals surface area contributed by atoms with E-state index in [1.807, 2.05) is 0 Å². The number of nitrogens with one attached hydrogen (secondary N) is 1. The zero-order valence-electron chi connectivity index (χ0n) is 7.47. The maximum atomic E-state index is 13.2. The molecule has 1 aromatic carbocycles. The first-order valence-electron chi connectivity index (χ1n) is 3.89. The average Bonchev–Trinajstić information content (AvgIpc) is 2.04. The molecule has 2 nitrogen and oxygen atoms in total. The van der Waals surface area contributed by atoms with Crippen molar-refractivity contribution in [2.24, 2.45) is 0 Å². The molecule has 0 aliphatic heterocycles. The van der Waals surface area contributed by atoms with Gasteiger partial charge in [-0.2, -0.15) is 5.48 Å². The molecule has 72 valence electrons. The van der Waals surface area contributed by atoms with Crippen molar-refractivity contribution in [2.75, 3.05) is 7.11 Å². The molecule has 0 saturated carbocycles. The van der Waals surface area contributed by atoms with E-state index in [4.69, 9.17) is 16.4 Å². The molecule has 0 saturated heterocycles. The summed E-state index contributed by atoms with van der Waals surface area (Å²) in [6.07, 6.45) is 0. The van der Waals surface area contributed by atoms with Crippen LogP contribution in [-0.4, -0.2) is 7.11 Å². The van der Waals surface area contributed by atoms with Crippen molar-refractivity contribution in [1.29, 1.82) is 0 Å². The lowest BCUT2D eigenvalue weighted by atomic mass is 10.1. The van der Waals surface area contributed by atoms with Crippen LogP contribution in [0.5, 0.6) is 0 Å². The standard InChI is InChI=1S/C9H11ClFNO/c1-6(12-13-2)9-7(10)4-3-5-8(9)11/h3-6,12H,1-2H3. The number of hydrogen-bond donors (Lipinski definition) is 1. The molecule has 0 radical (unpaired) electrons. The molecular formula is C9H11ClFNO. The van der Waals surface area contributed by atoms with Crippen LogP contribution in [0.2, 0.25) is 5.02 Å². The van der Waals surface area contributed by atoms with Crippen LogP contribution < -0.4 is 5.48 Å². The summed E-state index contributed by atoms with van der Waals surface area (Å²) in [6, 6.07) is 4.32. The maximum Gasteiger partial charge on any atom is 0.129 e. The van der Waals surface area contributed by atoms with E-state index in [0.29, 0.717) is 10.6 Å². The van der Waals surface area contributed by atoms with Crippen LogP contribution in [-0.2, 0) is 4.84 Å². The first kappa shape index (κ1) is 10.4. The second kappa shape index (κ2) is 4.56. The van der Waals surface area contributed by atoms with Crippen LogP contribution in [0.4, 0.5) is 4.39 Å². The van der Waals surface area contributed by atoms with Gasteiger partial charge in [0, 0.05) is 10.6 Å². The Labute approximate surface area is 81.6 Å². The monoisotopic (exact) mass is 203 g/mol. The number of hydrogen-bond acceptors (Lipinski definition) is 2. The number of hydroxylamine groups is 1. The van der Waals surface area contributed by atoms with E-state index in [1.54, 1.807) is 19.1 Å². The molecule has 4 heteroatoms. The molecule has 1 unspecified atom stereocenters. The molecule has 0 heterocycles. The predicted molar refractivity (Wildman–Crippen MR) is 50.0 cm³/mol. The minimum Gasteiger partial charge on any atom is -0.305 e. The van der Waals surface area contributed by atoms with Crippen LogP contribution in [0.25, 0.3) is 0 Å².